The maximum Gasteiger partial charge on any atom is 0.204 e. The Labute approximate surface area is 143 Å². The molecule has 23 heavy (non-hydrogen) atoms. The normalized spacial score (nSPS) is 35.6. The van der Waals surface area contributed by atoms with Crippen LogP contribution in [-0.2, 0) is 0 Å². The van der Waals surface area contributed by atoms with Crippen LogP contribution in [0, 0.1) is 0 Å². The Balaban J connectivity index is 1.68. The number of benzene rings is 2. The molecular weight excluding hydrogens is 304 g/mol. The molecule has 1 spiro atoms. The molecule has 0 radical (unpaired) electrons. The van der Waals surface area contributed by atoms with E-state index in [9.17, 15) is 0 Å². The monoisotopic (exact) mass is 327 g/mol. The molecule has 0 amide bonds. The van der Waals surface area contributed by atoms with Crippen molar-refractivity contribution in [3.8, 4) is 0 Å². The van der Waals surface area contributed by atoms with E-state index < -0.39 is 0 Å². The van der Waals surface area contributed by atoms with Gasteiger partial charge in [-0.2, -0.15) is 5.43 Å². The first-order chi connectivity index (χ1) is 11.2. The summed E-state index contributed by atoms with van der Waals surface area (Å²) >= 11 is 7.32. The maximum atomic E-state index is 7.32. The zero-order chi connectivity index (χ0) is 15.9. The van der Waals surface area contributed by atoms with Crippen molar-refractivity contribution in [1.82, 2.24) is 5.43 Å². The molecule has 2 aliphatic rings. The van der Waals surface area contributed by atoms with E-state index in [1.165, 1.54) is 11.1 Å². The van der Waals surface area contributed by atoms with Crippen molar-refractivity contribution < 1.29 is 4.59 Å². The van der Waals surface area contributed by atoms with Gasteiger partial charge in [-0.05, 0) is 12.0 Å². The highest BCUT2D eigenvalue weighted by molar-refractivity contribution is 6.24. The molecule has 0 aromatic heterocycles. The van der Waals surface area contributed by atoms with Crippen LogP contribution in [0.4, 0.5) is 0 Å². The summed E-state index contributed by atoms with van der Waals surface area (Å²) in [4.78, 5) is -0.241. The molecule has 4 atom stereocenters. The second-order valence-corrected chi connectivity index (χ2v) is 7.53. The average Bonchev–Trinajstić information content (AvgIpc) is 2.55. The third-order valence-electron chi connectivity index (χ3n) is 5.75. The molecule has 0 bridgehead atoms. The fourth-order valence-corrected chi connectivity index (χ4v) is 5.18. The van der Waals surface area contributed by atoms with Crippen LogP contribution in [0.5, 0.6) is 0 Å². The van der Waals surface area contributed by atoms with Gasteiger partial charge in [0.2, 0.25) is 5.00 Å². The Kier molecular flexibility index (Phi) is 3.72. The lowest BCUT2D eigenvalue weighted by molar-refractivity contribution is -1.10. The highest BCUT2D eigenvalue weighted by atomic mass is 35.5. The van der Waals surface area contributed by atoms with Crippen LogP contribution in [0.25, 0.3) is 0 Å². The van der Waals surface area contributed by atoms with E-state index in [0.29, 0.717) is 12.0 Å². The zero-order valence-corrected chi connectivity index (χ0v) is 14.3. The Morgan fingerprint density at radius 2 is 1.65 bits per heavy atom. The fourth-order valence-electron chi connectivity index (χ4n) is 4.55. The van der Waals surface area contributed by atoms with Crippen molar-refractivity contribution in [3.05, 3.63) is 71.8 Å². The lowest BCUT2D eigenvalue weighted by atomic mass is 9.74. The predicted octanol–water partition coefficient (Wildman–Crippen LogP) is 4.60. The molecule has 2 saturated heterocycles. The van der Waals surface area contributed by atoms with Crippen LogP contribution in [0.1, 0.15) is 42.9 Å². The number of alkyl halides is 1. The quantitative estimate of drug-likeness (QED) is 0.492. The largest absolute Gasteiger partial charge is 0.219 e. The summed E-state index contributed by atoms with van der Waals surface area (Å²) in [6.45, 7) is 4.33. The van der Waals surface area contributed by atoms with Gasteiger partial charge in [0.15, 0.2) is 6.04 Å². The number of hydrogen-bond acceptors (Lipinski definition) is 1. The molecule has 2 aromatic carbocycles. The second-order valence-electron chi connectivity index (χ2n) is 6.87. The van der Waals surface area contributed by atoms with E-state index in [1.807, 2.05) is 0 Å². The summed E-state index contributed by atoms with van der Waals surface area (Å²) < 4.78 is 0.839. The lowest BCUT2D eigenvalue weighted by Crippen LogP contribution is -2.88. The molecule has 2 aliphatic heterocycles. The second kappa shape index (κ2) is 5.62. The fraction of sp³-hybridized carbons (Fsp3) is 0.400. The highest BCUT2D eigenvalue weighted by Gasteiger charge is 2.73. The van der Waals surface area contributed by atoms with Gasteiger partial charge in [-0.3, -0.25) is 0 Å². The third kappa shape index (κ3) is 2.09. The summed E-state index contributed by atoms with van der Waals surface area (Å²) in [6, 6.07) is 22.1. The molecule has 4 rings (SSSR count). The summed E-state index contributed by atoms with van der Waals surface area (Å²) in [5.41, 5.74) is 6.46. The van der Waals surface area contributed by atoms with Gasteiger partial charge in [0.05, 0.1) is 0 Å². The SMILES string of the molecule is CCCC1(Cl)C(c2ccccc2)C[N+]12NCC2c1ccccc1. The summed E-state index contributed by atoms with van der Waals surface area (Å²) in [7, 11) is 0. The summed E-state index contributed by atoms with van der Waals surface area (Å²) in [5, 5.41) is 0. The maximum absolute atomic E-state index is 7.32. The Bertz CT molecular complexity index is 675. The number of quaternary nitrogens is 1. The number of halogens is 1. The van der Waals surface area contributed by atoms with E-state index in [4.69, 9.17) is 11.6 Å². The molecular formula is C20H24ClN2+. The van der Waals surface area contributed by atoms with E-state index in [2.05, 4.69) is 73.0 Å². The van der Waals surface area contributed by atoms with Gasteiger partial charge >= 0.3 is 0 Å². The number of nitrogens with one attached hydrogen (secondary N) is 1. The van der Waals surface area contributed by atoms with Crippen molar-refractivity contribution in [2.24, 2.45) is 0 Å². The van der Waals surface area contributed by atoms with Crippen LogP contribution in [0.2, 0.25) is 0 Å². The van der Waals surface area contributed by atoms with E-state index >= 15 is 0 Å². The molecule has 2 heterocycles. The Hall–Kier alpha value is -1.35. The van der Waals surface area contributed by atoms with Gasteiger partial charge in [-0.25, -0.2) is 4.59 Å². The lowest BCUT2D eigenvalue weighted by Gasteiger charge is -2.69. The molecule has 0 saturated carbocycles. The van der Waals surface area contributed by atoms with Gasteiger partial charge in [0.25, 0.3) is 0 Å². The van der Waals surface area contributed by atoms with E-state index in [0.717, 1.165) is 30.5 Å². The molecule has 2 nitrogen and oxygen atoms in total. The standard InChI is InChI=1S/C20H24ClN2/c1-2-13-20(21)18(16-9-5-3-6-10-16)15-23(20)19(14-22-23)17-11-7-4-8-12-17/h3-12,18-19,22H,2,13-15H2,1H3/q+1. The Morgan fingerprint density at radius 3 is 2.17 bits per heavy atom. The van der Waals surface area contributed by atoms with Crippen molar-refractivity contribution in [2.75, 3.05) is 13.1 Å². The minimum atomic E-state index is -0.241. The third-order valence-corrected chi connectivity index (χ3v) is 6.51. The van der Waals surface area contributed by atoms with Crippen LogP contribution in [0.3, 0.4) is 0 Å². The smallest absolute Gasteiger partial charge is 0.204 e. The van der Waals surface area contributed by atoms with Crippen molar-refractivity contribution >= 4 is 11.6 Å². The number of rotatable bonds is 4. The summed E-state index contributed by atoms with van der Waals surface area (Å²) in [6.07, 6.45) is 2.14. The molecule has 1 N–H and O–H groups in total. The van der Waals surface area contributed by atoms with Gasteiger partial charge in [-0.1, -0.05) is 79.2 Å². The first-order valence-electron chi connectivity index (χ1n) is 8.63. The first kappa shape index (κ1) is 15.2. The molecule has 3 heteroatoms. The minimum Gasteiger partial charge on any atom is -0.219 e. The molecule has 120 valence electrons. The van der Waals surface area contributed by atoms with E-state index in [-0.39, 0.29) is 5.00 Å². The average molecular weight is 328 g/mol. The van der Waals surface area contributed by atoms with Crippen molar-refractivity contribution in [2.45, 2.75) is 36.7 Å². The van der Waals surface area contributed by atoms with Gasteiger partial charge in [0.1, 0.15) is 19.0 Å². The van der Waals surface area contributed by atoms with Gasteiger partial charge in [0, 0.05) is 12.0 Å². The van der Waals surface area contributed by atoms with E-state index in [1.54, 1.807) is 0 Å². The highest BCUT2D eigenvalue weighted by Crippen LogP contribution is 2.61. The van der Waals surface area contributed by atoms with Crippen molar-refractivity contribution in [3.63, 3.8) is 0 Å². The predicted molar refractivity (Wildman–Crippen MR) is 95.0 cm³/mol. The number of nitrogens with zero attached hydrogens (tertiary/aromatic N) is 1. The number of hydrogen-bond donors (Lipinski definition) is 1. The molecule has 2 aromatic rings. The summed E-state index contributed by atoms with van der Waals surface area (Å²) in [5.74, 6) is 0.421. The van der Waals surface area contributed by atoms with Gasteiger partial charge < -0.3 is 0 Å². The van der Waals surface area contributed by atoms with Crippen LogP contribution < -0.4 is 5.43 Å². The van der Waals surface area contributed by atoms with Gasteiger partial charge in [-0.15, -0.1) is 0 Å². The van der Waals surface area contributed by atoms with Crippen LogP contribution in [-0.4, -0.2) is 22.7 Å². The Morgan fingerprint density at radius 1 is 1.04 bits per heavy atom. The van der Waals surface area contributed by atoms with Crippen LogP contribution >= 0.6 is 11.6 Å². The topological polar surface area (TPSA) is 12.0 Å². The molecule has 2 fully saturated rings. The molecule has 4 unspecified atom stereocenters. The molecule has 0 aliphatic carbocycles. The first-order valence-corrected chi connectivity index (χ1v) is 9.01. The van der Waals surface area contributed by atoms with Crippen LogP contribution in [0.15, 0.2) is 60.7 Å². The zero-order valence-electron chi connectivity index (χ0n) is 13.6. The van der Waals surface area contributed by atoms with Crippen molar-refractivity contribution in [1.29, 1.82) is 0 Å². The minimum absolute atomic E-state index is 0.241.